The maximum atomic E-state index is 14.2. The second-order valence-corrected chi connectivity index (χ2v) is 8.74. The Hall–Kier alpha value is -3.24. The average molecular weight is 494 g/mol. The number of methoxy groups -OCH3 is 2. The molecule has 1 aliphatic rings. The van der Waals surface area contributed by atoms with Gasteiger partial charge in [0.2, 0.25) is 11.2 Å². The fraction of sp³-hybridized carbons (Fsp3) is 0.400. The molecule has 35 heavy (non-hydrogen) atoms. The number of benzene rings is 2. The summed E-state index contributed by atoms with van der Waals surface area (Å²) in [6, 6.07) is 6.66. The van der Waals surface area contributed by atoms with Crippen LogP contribution in [0.1, 0.15) is 25.2 Å². The maximum absolute atomic E-state index is 14.2. The molecule has 0 unspecified atom stereocenters. The molecule has 1 saturated heterocycles. The zero-order valence-corrected chi connectivity index (χ0v) is 19.8. The zero-order chi connectivity index (χ0) is 25.5. The lowest BCUT2D eigenvalue weighted by atomic mass is 9.99. The van der Waals surface area contributed by atoms with Gasteiger partial charge in [0, 0.05) is 0 Å². The Kier molecular flexibility index (Phi) is 6.70. The molecule has 10 heteroatoms. The molecule has 3 aromatic rings. The lowest BCUT2D eigenvalue weighted by molar-refractivity contribution is -0.928. The van der Waals surface area contributed by atoms with Crippen molar-refractivity contribution in [3.8, 4) is 28.4 Å². The van der Waals surface area contributed by atoms with E-state index in [0.717, 1.165) is 4.90 Å². The Labute approximate surface area is 199 Å². The van der Waals surface area contributed by atoms with Crippen molar-refractivity contribution < 1.29 is 41.8 Å². The van der Waals surface area contributed by atoms with Gasteiger partial charge in [0.15, 0.2) is 17.1 Å². The van der Waals surface area contributed by atoms with Crippen LogP contribution >= 0.6 is 0 Å². The van der Waals surface area contributed by atoms with Gasteiger partial charge in [-0.05, 0) is 43.7 Å². The van der Waals surface area contributed by atoms with Gasteiger partial charge in [-0.15, -0.1) is 0 Å². The minimum absolute atomic E-state index is 0.0262. The topological polar surface area (TPSA) is 82.6 Å². The number of nitrogens with one attached hydrogen (secondary N) is 1. The van der Waals surface area contributed by atoms with Crippen LogP contribution in [0.5, 0.6) is 17.2 Å². The quantitative estimate of drug-likeness (QED) is 0.566. The summed E-state index contributed by atoms with van der Waals surface area (Å²) in [6.45, 7) is 5.20. The van der Waals surface area contributed by atoms with Crippen LogP contribution < -0.4 is 19.8 Å². The van der Waals surface area contributed by atoms with E-state index in [9.17, 15) is 23.1 Å². The molecule has 1 fully saturated rings. The van der Waals surface area contributed by atoms with Gasteiger partial charge in [0.25, 0.3) is 0 Å². The van der Waals surface area contributed by atoms with Crippen molar-refractivity contribution in [3.05, 3.63) is 51.9 Å². The van der Waals surface area contributed by atoms with E-state index in [0.29, 0.717) is 18.8 Å². The van der Waals surface area contributed by atoms with Crippen LogP contribution in [0.2, 0.25) is 0 Å². The fourth-order valence-corrected chi connectivity index (χ4v) is 4.71. The van der Waals surface area contributed by atoms with E-state index < -0.39 is 22.9 Å². The first-order valence-corrected chi connectivity index (χ1v) is 11.1. The zero-order valence-electron chi connectivity index (χ0n) is 19.8. The average Bonchev–Trinajstić information content (AvgIpc) is 2.79. The predicted molar refractivity (Wildman–Crippen MR) is 122 cm³/mol. The van der Waals surface area contributed by atoms with Crippen molar-refractivity contribution in [1.29, 1.82) is 0 Å². The fourth-order valence-electron chi connectivity index (χ4n) is 4.71. The van der Waals surface area contributed by atoms with Crippen molar-refractivity contribution in [2.45, 2.75) is 38.8 Å². The number of ether oxygens (including phenoxy) is 3. The SMILES string of the molecule is COc1ccc(-c2c(C(F)(F)F)oc3c(C[NH+]4C[C@@H](C)O[C@H](C)C4)c(O)ccc3c2=O)cc1OC. The number of halogens is 3. The van der Waals surface area contributed by atoms with Crippen molar-refractivity contribution in [1.82, 2.24) is 0 Å². The first-order chi connectivity index (χ1) is 16.5. The summed E-state index contributed by atoms with van der Waals surface area (Å²) >= 11 is 0. The molecule has 1 aliphatic heterocycles. The number of morpholine rings is 1. The van der Waals surface area contributed by atoms with Gasteiger partial charge in [0.05, 0.1) is 30.7 Å². The lowest BCUT2D eigenvalue weighted by Gasteiger charge is -2.32. The Morgan fingerprint density at radius 1 is 1.06 bits per heavy atom. The molecule has 7 nitrogen and oxygen atoms in total. The van der Waals surface area contributed by atoms with Crippen molar-refractivity contribution in [3.63, 3.8) is 0 Å². The number of fused-ring (bicyclic) bond motifs is 1. The Bertz CT molecular complexity index is 1290. The molecule has 2 atom stereocenters. The maximum Gasteiger partial charge on any atom is 0.450 e. The Morgan fingerprint density at radius 2 is 1.71 bits per heavy atom. The smallest absolute Gasteiger partial charge is 0.450 e. The Morgan fingerprint density at radius 3 is 2.31 bits per heavy atom. The van der Waals surface area contributed by atoms with Crippen LogP contribution in [0, 0.1) is 0 Å². The van der Waals surface area contributed by atoms with Crippen LogP contribution in [0.25, 0.3) is 22.1 Å². The number of phenolic OH excluding ortho intramolecular Hbond substituents is 1. The number of aromatic hydroxyl groups is 1. The summed E-state index contributed by atoms with van der Waals surface area (Å²) in [7, 11) is 2.74. The molecule has 4 rings (SSSR count). The molecule has 2 aromatic carbocycles. The van der Waals surface area contributed by atoms with Gasteiger partial charge in [-0.25, -0.2) is 0 Å². The van der Waals surface area contributed by atoms with E-state index in [1.165, 1.54) is 44.6 Å². The van der Waals surface area contributed by atoms with Gasteiger partial charge in [-0.2, -0.15) is 13.2 Å². The summed E-state index contributed by atoms with van der Waals surface area (Å²) in [5.41, 5.74) is -1.64. The summed E-state index contributed by atoms with van der Waals surface area (Å²) in [4.78, 5) is 14.5. The molecule has 1 aromatic heterocycles. The highest BCUT2D eigenvalue weighted by Crippen LogP contribution is 2.41. The van der Waals surface area contributed by atoms with E-state index >= 15 is 0 Å². The predicted octanol–water partition coefficient (Wildman–Crippen LogP) is 3.39. The number of alkyl halides is 3. The van der Waals surface area contributed by atoms with Gasteiger partial charge in [0.1, 0.15) is 37.6 Å². The summed E-state index contributed by atoms with van der Waals surface area (Å²) < 4.78 is 64.1. The highest BCUT2D eigenvalue weighted by molar-refractivity contribution is 5.87. The standard InChI is InChI=1S/C25H26F3NO6/c1-13-10-29(11-14(2)34-13)12-17-18(30)7-6-16-22(31)21(24(25(26,27)28)35-23(16)17)15-5-8-19(32-3)20(9-15)33-4/h5-9,13-14,30H,10-12H2,1-4H3/p+1/t13-,14-/m1/s1. The number of quaternary nitrogens is 1. The van der Waals surface area contributed by atoms with Gasteiger partial charge < -0.3 is 28.6 Å². The van der Waals surface area contributed by atoms with Gasteiger partial charge in [-0.1, -0.05) is 6.07 Å². The molecule has 0 radical (unpaired) electrons. The molecule has 0 saturated carbocycles. The van der Waals surface area contributed by atoms with E-state index in [2.05, 4.69) is 0 Å². The third-order valence-electron chi connectivity index (χ3n) is 6.11. The number of hydrogen-bond donors (Lipinski definition) is 2. The van der Waals surface area contributed by atoms with Gasteiger partial charge in [-0.3, -0.25) is 4.79 Å². The third-order valence-corrected chi connectivity index (χ3v) is 6.11. The molecule has 2 N–H and O–H groups in total. The highest BCUT2D eigenvalue weighted by atomic mass is 19.4. The van der Waals surface area contributed by atoms with Crippen LogP contribution in [0.15, 0.2) is 39.5 Å². The molecule has 0 spiro atoms. The first-order valence-electron chi connectivity index (χ1n) is 11.1. The molecular formula is C25H27F3NO6+. The molecule has 0 amide bonds. The largest absolute Gasteiger partial charge is 0.507 e. The third kappa shape index (κ3) is 4.81. The summed E-state index contributed by atoms with van der Waals surface area (Å²) in [6.07, 6.45) is -5.08. The van der Waals surface area contributed by atoms with Crippen molar-refractivity contribution in [2.75, 3.05) is 27.3 Å². The second kappa shape index (κ2) is 9.43. The number of hydrogen-bond acceptors (Lipinski definition) is 6. The van der Waals surface area contributed by atoms with Crippen LogP contribution in [0.4, 0.5) is 13.2 Å². The van der Waals surface area contributed by atoms with Crippen LogP contribution in [0.3, 0.4) is 0 Å². The molecule has 2 heterocycles. The minimum Gasteiger partial charge on any atom is -0.507 e. The van der Waals surface area contributed by atoms with Crippen molar-refractivity contribution in [2.24, 2.45) is 0 Å². The van der Waals surface area contributed by atoms with Crippen LogP contribution in [-0.4, -0.2) is 44.6 Å². The van der Waals surface area contributed by atoms with Gasteiger partial charge >= 0.3 is 6.18 Å². The van der Waals surface area contributed by atoms with Crippen LogP contribution in [-0.2, 0) is 17.5 Å². The molecule has 0 bridgehead atoms. The van der Waals surface area contributed by atoms with E-state index in [1.54, 1.807) is 0 Å². The molecule has 0 aliphatic carbocycles. The Balaban J connectivity index is 1.93. The number of rotatable bonds is 5. The first kappa shape index (κ1) is 24.9. The summed E-state index contributed by atoms with van der Waals surface area (Å²) in [5, 5.41) is 10.5. The van der Waals surface area contributed by atoms with Crippen molar-refractivity contribution >= 4 is 11.0 Å². The molecule has 188 valence electrons. The highest BCUT2D eigenvalue weighted by Gasteiger charge is 2.40. The minimum atomic E-state index is -4.96. The lowest BCUT2D eigenvalue weighted by Crippen LogP contribution is -3.14. The summed E-state index contributed by atoms with van der Waals surface area (Å²) in [5.74, 6) is -1.19. The molecular weight excluding hydrogens is 467 g/mol. The monoisotopic (exact) mass is 494 g/mol. The van der Waals surface area contributed by atoms with E-state index in [-0.39, 0.29) is 52.3 Å². The second-order valence-electron chi connectivity index (χ2n) is 8.74. The van der Waals surface area contributed by atoms with E-state index in [4.69, 9.17) is 18.6 Å². The number of phenols is 1. The normalized spacial score (nSPS) is 20.7. The van der Waals surface area contributed by atoms with E-state index in [1.807, 2.05) is 13.8 Å².